The second-order valence-corrected chi connectivity index (χ2v) is 8.33. The third-order valence-electron chi connectivity index (χ3n) is 5.96. The second-order valence-electron chi connectivity index (χ2n) is 8.33. The topological polar surface area (TPSA) is 0 Å². The van der Waals surface area contributed by atoms with Gasteiger partial charge in [-0.3, -0.25) is 0 Å². The monoisotopic (exact) mass is 404 g/mol. The molecule has 0 saturated heterocycles. The molecule has 0 amide bonds. The molecule has 0 unspecified atom stereocenters. The zero-order valence-corrected chi connectivity index (χ0v) is 19.0. The van der Waals surface area contributed by atoms with E-state index >= 15 is 0 Å². The molecule has 0 bridgehead atoms. The fraction of sp³-hybridized carbons (Fsp3) is 0.226. The molecule has 4 rings (SSSR count). The molecule has 0 radical (unpaired) electrons. The van der Waals surface area contributed by atoms with Gasteiger partial charge < -0.3 is 0 Å². The zero-order chi connectivity index (χ0) is 21.6. The summed E-state index contributed by atoms with van der Waals surface area (Å²) in [5.41, 5.74) is 9.36. The highest BCUT2D eigenvalue weighted by molar-refractivity contribution is 6.08. The predicted octanol–water partition coefficient (Wildman–Crippen LogP) is 9.11. The van der Waals surface area contributed by atoms with Crippen LogP contribution in [0.1, 0.15) is 50.3 Å². The molecular weight excluding hydrogens is 372 g/mol. The van der Waals surface area contributed by atoms with Crippen molar-refractivity contribution >= 4 is 16.8 Å². The quantitative estimate of drug-likeness (QED) is 0.288. The van der Waals surface area contributed by atoms with E-state index in [2.05, 4.69) is 112 Å². The summed E-state index contributed by atoms with van der Waals surface area (Å²) in [7, 11) is 0. The van der Waals surface area contributed by atoms with E-state index in [1.807, 2.05) is 0 Å². The van der Waals surface area contributed by atoms with Crippen molar-refractivity contribution in [2.75, 3.05) is 0 Å². The first-order valence-corrected chi connectivity index (χ1v) is 11.6. The van der Waals surface area contributed by atoms with Crippen molar-refractivity contribution in [1.82, 2.24) is 0 Å². The molecule has 0 spiro atoms. The van der Waals surface area contributed by atoms with Crippen LogP contribution < -0.4 is 0 Å². The fourth-order valence-electron chi connectivity index (χ4n) is 4.60. The maximum atomic E-state index is 2.43. The maximum absolute atomic E-state index is 2.43. The predicted molar refractivity (Wildman–Crippen MR) is 138 cm³/mol. The minimum absolute atomic E-state index is 1.11. The van der Waals surface area contributed by atoms with Gasteiger partial charge in [0.2, 0.25) is 0 Å². The Kier molecular flexibility index (Phi) is 6.67. The van der Waals surface area contributed by atoms with Crippen LogP contribution in [0.15, 0.2) is 84.9 Å². The van der Waals surface area contributed by atoms with Gasteiger partial charge in [-0.15, -0.1) is 0 Å². The Bertz CT molecular complexity index is 1200. The SMILES string of the molecule is CC=Cc1cc(-c2ccccc2)c2ccc(CCC)cc2c1-c1cccc(CCC)c1. The normalized spacial score (nSPS) is 11.5. The average Bonchev–Trinajstić information content (AvgIpc) is 2.80. The molecule has 4 aromatic carbocycles. The van der Waals surface area contributed by atoms with E-state index in [1.54, 1.807) is 0 Å². The minimum Gasteiger partial charge on any atom is -0.0870 e. The number of benzene rings is 4. The molecule has 0 aliphatic carbocycles. The Hall–Kier alpha value is -3.12. The van der Waals surface area contributed by atoms with Crippen LogP contribution in [0.5, 0.6) is 0 Å². The second kappa shape index (κ2) is 9.79. The lowest BCUT2D eigenvalue weighted by molar-refractivity contribution is 0.922. The van der Waals surface area contributed by atoms with E-state index < -0.39 is 0 Å². The third-order valence-corrected chi connectivity index (χ3v) is 5.96. The largest absolute Gasteiger partial charge is 0.0870 e. The highest BCUT2D eigenvalue weighted by Gasteiger charge is 2.15. The molecule has 0 atom stereocenters. The summed E-state index contributed by atoms with van der Waals surface area (Å²) in [6.45, 7) is 6.61. The Labute approximate surface area is 187 Å². The first kappa shape index (κ1) is 21.1. The van der Waals surface area contributed by atoms with Gasteiger partial charge >= 0.3 is 0 Å². The number of aryl methyl sites for hydroxylation is 2. The van der Waals surface area contributed by atoms with Crippen molar-refractivity contribution in [1.29, 1.82) is 0 Å². The molecule has 0 saturated carbocycles. The number of fused-ring (bicyclic) bond motifs is 1. The van der Waals surface area contributed by atoms with Crippen LogP contribution in [0.3, 0.4) is 0 Å². The van der Waals surface area contributed by atoms with Gasteiger partial charge in [0.25, 0.3) is 0 Å². The molecule has 0 nitrogen and oxygen atoms in total. The highest BCUT2D eigenvalue weighted by atomic mass is 14.2. The molecule has 4 aromatic rings. The number of rotatable bonds is 7. The average molecular weight is 405 g/mol. The van der Waals surface area contributed by atoms with Crippen molar-refractivity contribution in [2.24, 2.45) is 0 Å². The van der Waals surface area contributed by atoms with E-state index in [9.17, 15) is 0 Å². The van der Waals surface area contributed by atoms with Crippen molar-refractivity contribution in [2.45, 2.75) is 46.5 Å². The summed E-state index contributed by atoms with van der Waals surface area (Å²) in [6.07, 6.45) is 8.98. The number of hydrogen-bond acceptors (Lipinski definition) is 0. The van der Waals surface area contributed by atoms with Crippen LogP contribution in [0.25, 0.3) is 39.1 Å². The van der Waals surface area contributed by atoms with Crippen molar-refractivity contribution in [3.8, 4) is 22.3 Å². The zero-order valence-electron chi connectivity index (χ0n) is 19.0. The molecule has 0 N–H and O–H groups in total. The number of hydrogen-bond donors (Lipinski definition) is 0. The van der Waals surface area contributed by atoms with Crippen molar-refractivity contribution < 1.29 is 0 Å². The van der Waals surface area contributed by atoms with Gasteiger partial charge in [-0.25, -0.2) is 0 Å². The molecule has 0 fully saturated rings. The highest BCUT2D eigenvalue weighted by Crippen LogP contribution is 2.40. The fourth-order valence-corrected chi connectivity index (χ4v) is 4.60. The van der Waals surface area contributed by atoms with Gasteiger partial charge in [0.1, 0.15) is 0 Å². The van der Waals surface area contributed by atoms with Gasteiger partial charge in [0, 0.05) is 0 Å². The van der Waals surface area contributed by atoms with Crippen LogP contribution in [0, 0.1) is 0 Å². The number of allylic oxidation sites excluding steroid dienone is 1. The lowest BCUT2D eigenvalue weighted by Gasteiger charge is -2.18. The van der Waals surface area contributed by atoms with Crippen LogP contribution >= 0.6 is 0 Å². The molecular formula is C31H32. The van der Waals surface area contributed by atoms with Gasteiger partial charge in [0.05, 0.1) is 0 Å². The smallest absolute Gasteiger partial charge is 0.00323 e. The molecule has 0 heteroatoms. The van der Waals surface area contributed by atoms with Gasteiger partial charge in [-0.1, -0.05) is 112 Å². The van der Waals surface area contributed by atoms with Gasteiger partial charge in [-0.05, 0) is 75.5 Å². The summed E-state index contributed by atoms with van der Waals surface area (Å²) in [6, 6.07) is 29.4. The van der Waals surface area contributed by atoms with Crippen molar-refractivity contribution in [3.05, 3.63) is 102 Å². The summed E-state index contributed by atoms with van der Waals surface area (Å²) >= 11 is 0. The van der Waals surface area contributed by atoms with Crippen LogP contribution in [-0.4, -0.2) is 0 Å². The standard InChI is InChI=1S/C31H32/c1-4-11-23-14-10-17-27(20-23)31-26(13-6-3)22-29(25-15-8-7-9-16-25)28-19-18-24(12-5-2)21-30(28)31/h6-10,13-22H,4-5,11-12H2,1-3H3. The van der Waals surface area contributed by atoms with E-state index in [0.29, 0.717) is 0 Å². The Morgan fingerprint density at radius 3 is 2.06 bits per heavy atom. The third kappa shape index (κ3) is 4.49. The van der Waals surface area contributed by atoms with Crippen LogP contribution in [0.4, 0.5) is 0 Å². The molecule has 31 heavy (non-hydrogen) atoms. The molecule has 0 aliphatic rings. The lowest BCUT2D eigenvalue weighted by Crippen LogP contribution is -1.94. The van der Waals surface area contributed by atoms with E-state index in [1.165, 1.54) is 56.1 Å². The van der Waals surface area contributed by atoms with Crippen LogP contribution in [0.2, 0.25) is 0 Å². The first-order chi connectivity index (χ1) is 15.2. The van der Waals surface area contributed by atoms with E-state index in [0.717, 1.165) is 19.3 Å². The lowest BCUT2D eigenvalue weighted by atomic mass is 9.86. The van der Waals surface area contributed by atoms with Gasteiger partial charge in [-0.2, -0.15) is 0 Å². The van der Waals surface area contributed by atoms with E-state index in [-0.39, 0.29) is 0 Å². The van der Waals surface area contributed by atoms with Crippen molar-refractivity contribution in [3.63, 3.8) is 0 Å². The van der Waals surface area contributed by atoms with Gasteiger partial charge in [0.15, 0.2) is 0 Å². The molecule has 0 aliphatic heterocycles. The minimum atomic E-state index is 1.11. The first-order valence-electron chi connectivity index (χ1n) is 11.6. The molecule has 0 aromatic heterocycles. The molecule has 156 valence electrons. The summed E-state index contributed by atoms with van der Waals surface area (Å²) in [4.78, 5) is 0. The Morgan fingerprint density at radius 2 is 1.35 bits per heavy atom. The summed E-state index contributed by atoms with van der Waals surface area (Å²) in [5, 5.41) is 2.68. The summed E-state index contributed by atoms with van der Waals surface area (Å²) < 4.78 is 0. The molecule has 0 heterocycles. The Balaban J connectivity index is 2.07. The van der Waals surface area contributed by atoms with E-state index in [4.69, 9.17) is 0 Å². The van der Waals surface area contributed by atoms with Crippen LogP contribution in [-0.2, 0) is 12.8 Å². The maximum Gasteiger partial charge on any atom is -0.00323 e. The Morgan fingerprint density at radius 1 is 0.645 bits per heavy atom. The summed E-state index contributed by atoms with van der Waals surface area (Å²) in [5.74, 6) is 0.